The standard InChI is InChI=1S/C16H20FN3O2/c17-13-6-4-12(5-7-13)14-3-1-8-19(14)9-2-10-20-15(21)11-18-16(20)22/h4-7,14H,1-3,8-11H2,(H,18,22)/t14-/m0/s1. The lowest BCUT2D eigenvalue weighted by Crippen LogP contribution is -2.34. The number of halogens is 1. The minimum absolute atomic E-state index is 0.112. The molecule has 6 heteroatoms. The minimum atomic E-state index is -0.290. The van der Waals surface area contributed by atoms with E-state index in [-0.39, 0.29) is 24.3 Å². The van der Waals surface area contributed by atoms with Crippen LogP contribution in [0.25, 0.3) is 0 Å². The summed E-state index contributed by atoms with van der Waals surface area (Å²) in [5, 5.41) is 2.53. The van der Waals surface area contributed by atoms with Crippen LogP contribution in [0.15, 0.2) is 24.3 Å². The summed E-state index contributed by atoms with van der Waals surface area (Å²) >= 11 is 0. The van der Waals surface area contributed by atoms with Crippen molar-refractivity contribution in [2.45, 2.75) is 25.3 Å². The predicted molar refractivity (Wildman–Crippen MR) is 79.7 cm³/mol. The molecule has 3 amide bonds. The Kier molecular flexibility index (Phi) is 4.38. The van der Waals surface area contributed by atoms with Gasteiger partial charge in [0.1, 0.15) is 5.82 Å². The molecule has 1 N–H and O–H groups in total. The van der Waals surface area contributed by atoms with Gasteiger partial charge in [0.2, 0.25) is 5.91 Å². The molecule has 1 aromatic rings. The maximum atomic E-state index is 13.0. The Bertz CT molecular complexity index is 545. The normalized spacial score (nSPS) is 22.4. The van der Waals surface area contributed by atoms with E-state index in [1.165, 1.54) is 17.0 Å². The van der Waals surface area contributed by atoms with Crippen molar-refractivity contribution < 1.29 is 14.0 Å². The molecule has 3 rings (SSSR count). The van der Waals surface area contributed by atoms with Crippen LogP contribution in [0.4, 0.5) is 9.18 Å². The van der Waals surface area contributed by atoms with Crippen LogP contribution in [0.2, 0.25) is 0 Å². The van der Waals surface area contributed by atoms with E-state index >= 15 is 0 Å². The van der Waals surface area contributed by atoms with Crippen molar-refractivity contribution in [3.63, 3.8) is 0 Å². The summed E-state index contributed by atoms with van der Waals surface area (Å²) in [7, 11) is 0. The summed E-state index contributed by atoms with van der Waals surface area (Å²) in [5.41, 5.74) is 1.13. The van der Waals surface area contributed by atoms with Crippen molar-refractivity contribution in [1.29, 1.82) is 0 Å². The number of urea groups is 1. The fraction of sp³-hybridized carbons (Fsp3) is 0.500. The second-order valence-electron chi connectivity index (χ2n) is 5.80. The molecule has 0 spiro atoms. The lowest BCUT2D eigenvalue weighted by molar-refractivity contribution is -0.125. The van der Waals surface area contributed by atoms with Crippen molar-refractivity contribution in [2.75, 3.05) is 26.2 Å². The third-order valence-electron chi connectivity index (χ3n) is 4.38. The van der Waals surface area contributed by atoms with E-state index in [1.54, 1.807) is 0 Å². The number of hydrogen-bond acceptors (Lipinski definition) is 3. The SMILES string of the molecule is O=C1CNC(=O)N1CCCN1CCC[C@H]1c1ccc(F)cc1. The predicted octanol–water partition coefficient (Wildman–Crippen LogP) is 1.90. The highest BCUT2D eigenvalue weighted by Gasteiger charge is 2.29. The zero-order valence-electron chi connectivity index (χ0n) is 12.4. The number of likely N-dealkylation sites (tertiary alicyclic amines) is 1. The van der Waals surface area contributed by atoms with Crippen molar-refractivity contribution in [3.05, 3.63) is 35.6 Å². The highest BCUT2D eigenvalue weighted by Crippen LogP contribution is 2.31. The molecule has 0 saturated carbocycles. The number of rotatable bonds is 5. The molecule has 0 aromatic heterocycles. The van der Waals surface area contributed by atoms with E-state index in [1.807, 2.05) is 12.1 Å². The number of nitrogens with zero attached hydrogens (tertiary/aromatic N) is 2. The van der Waals surface area contributed by atoms with E-state index in [4.69, 9.17) is 0 Å². The van der Waals surface area contributed by atoms with Gasteiger partial charge in [0.25, 0.3) is 0 Å². The van der Waals surface area contributed by atoms with E-state index in [9.17, 15) is 14.0 Å². The highest BCUT2D eigenvalue weighted by atomic mass is 19.1. The van der Waals surface area contributed by atoms with E-state index in [0.29, 0.717) is 12.6 Å². The summed E-state index contributed by atoms with van der Waals surface area (Å²) < 4.78 is 13.0. The molecule has 0 radical (unpaired) electrons. The van der Waals surface area contributed by atoms with Crippen molar-refractivity contribution in [2.24, 2.45) is 0 Å². The molecule has 118 valence electrons. The van der Waals surface area contributed by atoms with E-state index in [2.05, 4.69) is 10.2 Å². The van der Waals surface area contributed by atoms with E-state index in [0.717, 1.165) is 37.9 Å². The van der Waals surface area contributed by atoms with Crippen molar-refractivity contribution in [3.8, 4) is 0 Å². The molecule has 2 heterocycles. The molecule has 1 atom stereocenters. The Labute approximate surface area is 129 Å². The van der Waals surface area contributed by atoms with Crippen LogP contribution < -0.4 is 5.32 Å². The molecule has 2 aliphatic heterocycles. The summed E-state index contributed by atoms with van der Waals surface area (Å²) in [5.74, 6) is -0.367. The van der Waals surface area contributed by atoms with Crippen LogP contribution in [0, 0.1) is 5.82 Å². The molecule has 0 bridgehead atoms. The molecular formula is C16H20FN3O2. The molecule has 0 aliphatic carbocycles. The maximum Gasteiger partial charge on any atom is 0.324 e. The smallest absolute Gasteiger partial charge is 0.324 e. The Balaban J connectivity index is 1.54. The number of carbonyl (C=O) groups is 2. The second kappa shape index (κ2) is 6.44. The van der Waals surface area contributed by atoms with Gasteiger partial charge >= 0.3 is 6.03 Å². The molecular weight excluding hydrogens is 285 g/mol. The number of imide groups is 1. The van der Waals surface area contributed by atoms with Gasteiger partial charge in [0, 0.05) is 19.1 Å². The zero-order valence-corrected chi connectivity index (χ0v) is 12.4. The average Bonchev–Trinajstić information content (AvgIpc) is 3.09. The molecule has 0 unspecified atom stereocenters. The molecule has 2 fully saturated rings. The minimum Gasteiger partial charge on any atom is -0.329 e. The zero-order chi connectivity index (χ0) is 15.5. The Morgan fingerprint density at radius 2 is 1.95 bits per heavy atom. The van der Waals surface area contributed by atoms with Crippen LogP contribution in [-0.2, 0) is 4.79 Å². The maximum absolute atomic E-state index is 13.0. The lowest BCUT2D eigenvalue weighted by atomic mass is 10.0. The van der Waals surface area contributed by atoms with Gasteiger partial charge in [-0.25, -0.2) is 9.18 Å². The number of benzene rings is 1. The quantitative estimate of drug-likeness (QED) is 0.845. The topological polar surface area (TPSA) is 52.7 Å². The first-order chi connectivity index (χ1) is 10.6. The lowest BCUT2D eigenvalue weighted by Gasteiger charge is -2.25. The van der Waals surface area contributed by atoms with Gasteiger partial charge in [-0.15, -0.1) is 0 Å². The summed E-state index contributed by atoms with van der Waals surface area (Å²) in [6.45, 7) is 2.40. The summed E-state index contributed by atoms with van der Waals surface area (Å²) in [6.07, 6.45) is 2.94. The van der Waals surface area contributed by atoms with Gasteiger partial charge in [-0.1, -0.05) is 12.1 Å². The number of carbonyl (C=O) groups excluding carboxylic acids is 2. The third-order valence-corrected chi connectivity index (χ3v) is 4.38. The van der Waals surface area contributed by atoms with Gasteiger partial charge < -0.3 is 5.32 Å². The second-order valence-corrected chi connectivity index (χ2v) is 5.80. The number of amides is 3. The molecule has 1 aromatic carbocycles. The first-order valence-electron chi connectivity index (χ1n) is 7.73. The van der Waals surface area contributed by atoms with Gasteiger partial charge in [0.15, 0.2) is 0 Å². The molecule has 2 saturated heterocycles. The Morgan fingerprint density at radius 1 is 1.18 bits per heavy atom. The Morgan fingerprint density at radius 3 is 2.64 bits per heavy atom. The fourth-order valence-electron chi connectivity index (χ4n) is 3.27. The van der Waals surface area contributed by atoms with Crippen molar-refractivity contribution >= 4 is 11.9 Å². The van der Waals surface area contributed by atoms with Gasteiger partial charge in [-0.3, -0.25) is 14.6 Å². The van der Waals surface area contributed by atoms with Crippen molar-refractivity contribution in [1.82, 2.24) is 15.1 Å². The molecule has 5 nitrogen and oxygen atoms in total. The van der Waals surface area contributed by atoms with Crippen LogP contribution in [0.5, 0.6) is 0 Å². The average molecular weight is 305 g/mol. The van der Waals surface area contributed by atoms with Crippen LogP contribution in [-0.4, -0.2) is 47.9 Å². The van der Waals surface area contributed by atoms with Crippen LogP contribution in [0.1, 0.15) is 30.9 Å². The molecule has 2 aliphatic rings. The summed E-state index contributed by atoms with van der Waals surface area (Å²) in [6, 6.07) is 6.70. The number of hydrogen-bond donors (Lipinski definition) is 1. The van der Waals surface area contributed by atoms with Crippen LogP contribution >= 0.6 is 0 Å². The van der Waals surface area contributed by atoms with Crippen LogP contribution in [0.3, 0.4) is 0 Å². The first kappa shape index (κ1) is 15.0. The van der Waals surface area contributed by atoms with Gasteiger partial charge in [-0.2, -0.15) is 0 Å². The fourth-order valence-corrected chi connectivity index (χ4v) is 3.27. The third kappa shape index (κ3) is 3.11. The van der Waals surface area contributed by atoms with Gasteiger partial charge in [0.05, 0.1) is 6.54 Å². The van der Waals surface area contributed by atoms with Gasteiger partial charge in [-0.05, 0) is 43.5 Å². The first-order valence-corrected chi connectivity index (χ1v) is 7.73. The Hall–Kier alpha value is -1.95. The molecule has 22 heavy (non-hydrogen) atoms. The largest absolute Gasteiger partial charge is 0.329 e. The highest BCUT2D eigenvalue weighted by molar-refractivity contribution is 6.01. The summed E-state index contributed by atoms with van der Waals surface area (Å²) in [4.78, 5) is 26.6. The van der Waals surface area contributed by atoms with E-state index < -0.39 is 0 Å². The monoisotopic (exact) mass is 305 g/mol. The number of nitrogens with one attached hydrogen (secondary N) is 1.